The van der Waals surface area contributed by atoms with E-state index in [1.165, 1.54) is 16.2 Å². The molecule has 362 valence electrons. The number of ether oxygens (including phenoxy) is 1. The van der Waals surface area contributed by atoms with Crippen LogP contribution in [0.5, 0.6) is 11.5 Å². The summed E-state index contributed by atoms with van der Waals surface area (Å²) in [5.74, 6) is -0.215. The van der Waals surface area contributed by atoms with E-state index in [1.807, 2.05) is 48.5 Å². The van der Waals surface area contributed by atoms with E-state index in [1.54, 1.807) is 25.7 Å². The first-order valence-corrected chi connectivity index (χ1v) is 27.0. The van der Waals surface area contributed by atoms with Crippen LogP contribution in [0.15, 0.2) is 115 Å². The Labute approximate surface area is 462 Å². The van der Waals surface area contributed by atoms with Crippen LogP contribution in [0.1, 0.15) is 175 Å². The molecule has 72 heavy (non-hydrogen) atoms. The van der Waals surface area contributed by atoms with Crippen molar-refractivity contribution in [3.05, 3.63) is 143 Å². The molecule has 2 unspecified atom stereocenters. The Kier molecular flexibility index (Phi) is 5.95. The lowest BCUT2D eigenvalue weighted by molar-refractivity contribution is 0.194. The lowest BCUT2D eigenvalue weighted by atomic mass is 9.40. The molecular formula is C66H67BN2OS2. The average molecular weight is 998 g/mol. The summed E-state index contributed by atoms with van der Waals surface area (Å²) in [5.41, 5.74) is -2.76. The molecule has 2 aromatic heterocycles. The second-order valence-corrected chi connectivity index (χ2v) is 26.8. The molecule has 5 aliphatic rings. The van der Waals surface area contributed by atoms with E-state index in [0.717, 1.165) is 17.8 Å². The van der Waals surface area contributed by atoms with Crippen LogP contribution in [0.3, 0.4) is 0 Å². The molecule has 3 aliphatic heterocycles. The van der Waals surface area contributed by atoms with Crippen LogP contribution in [0, 0.1) is 0 Å². The Balaban J connectivity index is 1.25. The van der Waals surface area contributed by atoms with Crippen LogP contribution in [-0.2, 0) is 27.1 Å². The molecule has 1 saturated carbocycles. The summed E-state index contributed by atoms with van der Waals surface area (Å²) < 4.78 is 197. The van der Waals surface area contributed by atoms with Gasteiger partial charge in [0.1, 0.15) is 11.5 Å². The van der Waals surface area contributed by atoms with Crippen molar-refractivity contribution in [2.45, 2.75) is 154 Å². The molecular weight excluding hydrogens is 912 g/mol. The first-order chi connectivity index (χ1) is 42.1. The number of anilines is 5. The second-order valence-electron chi connectivity index (χ2n) is 24.7. The largest absolute Gasteiger partial charge is 0.457 e. The Hall–Kier alpha value is -5.56. The van der Waals surface area contributed by atoms with E-state index >= 15 is 0 Å². The van der Waals surface area contributed by atoms with Gasteiger partial charge in [0.15, 0.2) is 0 Å². The first-order valence-electron chi connectivity index (χ1n) is 34.8. The minimum absolute atomic E-state index is 0.0206. The van der Waals surface area contributed by atoms with Gasteiger partial charge in [-0.2, -0.15) is 0 Å². The summed E-state index contributed by atoms with van der Waals surface area (Å²) in [4.78, 5) is 3.29. The molecule has 0 N–H and O–H groups in total. The molecule has 0 bridgehead atoms. The zero-order valence-electron chi connectivity index (χ0n) is 61.9. The maximum Gasteiger partial charge on any atom is 0.281 e. The monoisotopic (exact) mass is 998 g/mol. The Morgan fingerprint density at radius 1 is 0.569 bits per heavy atom. The number of benzene rings is 7. The molecule has 14 rings (SSSR count). The van der Waals surface area contributed by atoms with E-state index in [9.17, 15) is 20.6 Å². The van der Waals surface area contributed by atoms with Gasteiger partial charge in [0, 0.05) is 69.3 Å². The molecule has 2 aliphatic carbocycles. The zero-order valence-corrected chi connectivity index (χ0v) is 44.6. The highest BCUT2D eigenvalue weighted by molar-refractivity contribution is 7.40. The van der Waals surface area contributed by atoms with Gasteiger partial charge in [0.05, 0.1) is 37.3 Å². The number of hydrogen-bond donors (Lipinski definition) is 0. The minimum Gasteiger partial charge on any atom is -0.457 e. The third-order valence-corrected chi connectivity index (χ3v) is 19.6. The molecule has 7 aromatic carbocycles. The number of fused-ring (bicyclic) bond motifs is 17. The van der Waals surface area contributed by atoms with Crippen molar-refractivity contribution in [3.8, 4) is 11.5 Å². The zero-order chi connectivity index (χ0) is 66.3. The molecule has 0 saturated heterocycles. The number of thiophene rings is 2. The fourth-order valence-corrected chi connectivity index (χ4v) is 15.4. The molecule has 5 heterocycles. The third-order valence-electron chi connectivity index (χ3n) is 17.2. The molecule has 6 heteroatoms. The van der Waals surface area contributed by atoms with E-state index < -0.39 is 99.8 Å². The SMILES string of the molecule is [2H]c1c([2H])c(C(C)(C)C)c([2H])c([2H])c1N1c2c([2H])c(N3c4c([2H])c([2H])c(C(C)(C)C)c([2H])c4C4(C)CCCCC34C)c([2H])c3c2B(c2sc4c([2H])c5c(c([2H])c4c21)C(C)(C)CCC5(C)C)c1sc2c4c([2H])c([2H])c([2H])c([2H])c4c4c([2H])c([2H])c([2H])c([2H])c4c2c1O3. The molecule has 0 amide bonds. The predicted octanol–water partition coefficient (Wildman–Crippen LogP) is 17.5. The maximum atomic E-state index is 11.3. The normalized spacial score (nSPS) is 25.3. The standard InChI is InChI=1S/C66H67BN2OS2/c1-61(2,3)38-23-26-40(27-24-38)68-51-34-41(69-50-28-25-39(62(4,5)6)33-49(50)65(11)29-17-18-30-66(65,69)12)35-52-55(51)67(59-56(68)46-36-47-48(37-53(46)71-59)64(9,10)32-31-63(47,7)8)60-57(70-52)54-44-21-15-13-19-42(44)43-20-14-16-22-45(43)58(54)72-60/h13-16,19-28,33-37H,17-18,29-32H2,1-12H3/i13D,14D,15D,16D,19D,20D,21D,22D,23D,24D,25D,26D,27D,28D,33D,34D,35D,36D,37D. The van der Waals surface area contributed by atoms with Crippen molar-refractivity contribution in [1.82, 2.24) is 0 Å². The van der Waals surface area contributed by atoms with Crippen LogP contribution in [0.2, 0.25) is 0 Å². The number of rotatable bonds is 2. The van der Waals surface area contributed by atoms with Crippen molar-refractivity contribution >= 4 is 115 Å². The van der Waals surface area contributed by atoms with E-state index in [2.05, 4.69) is 13.8 Å². The van der Waals surface area contributed by atoms with E-state index in [4.69, 9.17) is 10.2 Å². The molecule has 0 spiro atoms. The van der Waals surface area contributed by atoms with Gasteiger partial charge in [-0.1, -0.05) is 162 Å². The molecule has 0 radical (unpaired) electrons. The van der Waals surface area contributed by atoms with Crippen LogP contribution in [0.25, 0.3) is 41.7 Å². The summed E-state index contributed by atoms with van der Waals surface area (Å²) in [6.45, 7) is 22.2. The summed E-state index contributed by atoms with van der Waals surface area (Å²) in [6.07, 6.45) is 3.73. The minimum atomic E-state index is -1.18. The predicted molar refractivity (Wildman–Crippen MR) is 314 cm³/mol. The lowest BCUT2D eigenvalue weighted by Gasteiger charge is -2.50. The van der Waals surface area contributed by atoms with Crippen LogP contribution < -0.4 is 29.6 Å². The summed E-state index contributed by atoms with van der Waals surface area (Å²) in [5, 5.41) is -0.208. The van der Waals surface area contributed by atoms with Gasteiger partial charge in [-0.15, -0.1) is 22.7 Å². The highest BCUT2D eigenvalue weighted by Gasteiger charge is 2.58. The van der Waals surface area contributed by atoms with Gasteiger partial charge >= 0.3 is 0 Å². The van der Waals surface area contributed by atoms with Gasteiger partial charge in [0.2, 0.25) is 0 Å². The molecule has 1 fully saturated rings. The highest BCUT2D eigenvalue weighted by Crippen LogP contribution is 2.63. The maximum absolute atomic E-state index is 11.3. The molecule has 9 aromatic rings. The average Bonchev–Trinajstić information content (AvgIpc) is 1.55. The van der Waals surface area contributed by atoms with Crippen molar-refractivity contribution < 1.29 is 30.8 Å². The van der Waals surface area contributed by atoms with Gasteiger partial charge in [-0.25, -0.2) is 0 Å². The van der Waals surface area contributed by atoms with Crippen LogP contribution in [0.4, 0.5) is 28.4 Å². The van der Waals surface area contributed by atoms with Gasteiger partial charge in [-0.3, -0.25) is 0 Å². The Morgan fingerprint density at radius 3 is 1.89 bits per heavy atom. The van der Waals surface area contributed by atoms with E-state index in [-0.39, 0.29) is 142 Å². The summed E-state index contributed by atoms with van der Waals surface area (Å²) >= 11 is 2.23. The second kappa shape index (κ2) is 14.6. The fraction of sp³-hybridized carbons (Fsp3) is 0.364. The lowest BCUT2D eigenvalue weighted by Crippen LogP contribution is -2.58. The summed E-state index contributed by atoms with van der Waals surface area (Å²) in [7, 11) is 0. The highest BCUT2D eigenvalue weighted by atomic mass is 32.1. The van der Waals surface area contributed by atoms with E-state index in [0.29, 0.717) is 68.6 Å². The van der Waals surface area contributed by atoms with Gasteiger partial charge < -0.3 is 14.5 Å². The van der Waals surface area contributed by atoms with Gasteiger partial charge in [0.25, 0.3) is 6.71 Å². The van der Waals surface area contributed by atoms with Crippen molar-refractivity contribution in [2.75, 3.05) is 9.80 Å². The topological polar surface area (TPSA) is 15.7 Å². The van der Waals surface area contributed by atoms with Crippen molar-refractivity contribution in [1.29, 1.82) is 0 Å². The van der Waals surface area contributed by atoms with Crippen molar-refractivity contribution in [2.24, 2.45) is 0 Å². The quantitative estimate of drug-likeness (QED) is 0.127. The number of hydrogen-bond acceptors (Lipinski definition) is 5. The smallest absolute Gasteiger partial charge is 0.281 e. The third kappa shape index (κ3) is 5.97. The fourth-order valence-electron chi connectivity index (χ4n) is 12.7. The molecule has 3 nitrogen and oxygen atoms in total. The van der Waals surface area contributed by atoms with Gasteiger partial charge in [-0.05, 0) is 140 Å². The first kappa shape index (κ1) is 29.4. The number of nitrogens with zero attached hydrogens (tertiary/aromatic N) is 2. The van der Waals surface area contributed by atoms with Crippen LogP contribution >= 0.6 is 22.7 Å². The molecule has 2 atom stereocenters. The van der Waals surface area contributed by atoms with Crippen LogP contribution in [-0.4, -0.2) is 12.3 Å². The Bertz CT molecular complexity index is 4930. The van der Waals surface area contributed by atoms with Crippen molar-refractivity contribution in [3.63, 3.8) is 0 Å². The Morgan fingerprint density at radius 2 is 1.19 bits per heavy atom. The summed E-state index contributed by atoms with van der Waals surface area (Å²) in [6, 6.07) is -7.19.